The first-order valence-corrected chi connectivity index (χ1v) is 13.3. The van der Waals surface area contributed by atoms with E-state index in [4.69, 9.17) is 9.47 Å². The number of allylic oxidation sites excluding steroid dienone is 1. The molecule has 0 amide bonds. The van der Waals surface area contributed by atoms with Crippen LogP contribution in [-0.4, -0.2) is 56.2 Å². The molecule has 0 spiro atoms. The van der Waals surface area contributed by atoms with Gasteiger partial charge in [-0.15, -0.1) is 0 Å². The van der Waals surface area contributed by atoms with E-state index in [2.05, 4.69) is 0 Å². The fraction of sp³-hybridized carbons (Fsp3) is 0.375. The highest BCUT2D eigenvalue weighted by Crippen LogP contribution is 2.44. The van der Waals surface area contributed by atoms with Crippen molar-refractivity contribution >= 4 is 0 Å². The van der Waals surface area contributed by atoms with Crippen LogP contribution in [0.4, 0.5) is 0 Å². The molecule has 6 atom stereocenters. The van der Waals surface area contributed by atoms with Crippen LogP contribution in [0.15, 0.2) is 103 Å². The van der Waals surface area contributed by atoms with Gasteiger partial charge in [-0.3, -0.25) is 0 Å². The lowest BCUT2D eigenvalue weighted by molar-refractivity contribution is -0.365. The molecule has 3 aromatic rings. The predicted octanol–water partition coefficient (Wildman–Crippen LogP) is 3.95. The van der Waals surface area contributed by atoms with E-state index < -0.39 is 35.8 Å². The minimum absolute atomic E-state index is 0.0524. The Kier molecular flexibility index (Phi) is 9.36. The SMILES string of the molecule is CCCC=CO[C@H]1O[C@H](C(O)Cc2ccccc2)[C@](O)(Cc2ccccc2)[C@@](O)(Cc2ccccc2)[C@@H]1O. The van der Waals surface area contributed by atoms with Gasteiger partial charge in [0.1, 0.15) is 23.4 Å². The summed E-state index contributed by atoms with van der Waals surface area (Å²) in [6.45, 7) is 2.04. The summed E-state index contributed by atoms with van der Waals surface area (Å²) in [6, 6.07) is 27.8. The maximum atomic E-state index is 12.4. The number of rotatable bonds is 11. The number of hydrogen-bond acceptors (Lipinski definition) is 6. The molecule has 1 fully saturated rings. The second-order valence-electron chi connectivity index (χ2n) is 10.1. The zero-order valence-corrected chi connectivity index (χ0v) is 21.8. The molecule has 1 aliphatic heterocycles. The number of benzene rings is 3. The summed E-state index contributed by atoms with van der Waals surface area (Å²) in [5.41, 5.74) is -1.88. The highest BCUT2D eigenvalue weighted by atomic mass is 16.7. The van der Waals surface area contributed by atoms with E-state index in [0.29, 0.717) is 0 Å². The van der Waals surface area contributed by atoms with Crippen molar-refractivity contribution in [3.8, 4) is 0 Å². The number of aliphatic hydroxyl groups is 4. The van der Waals surface area contributed by atoms with Crippen LogP contribution in [0.3, 0.4) is 0 Å². The lowest BCUT2D eigenvalue weighted by atomic mass is 9.65. The Bertz CT molecular complexity index is 1140. The smallest absolute Gasteiger partial charge is 0.228 e. The van der Waals surface area contributed by atoms with E-state index in [1.54, 1.807) is 0 Å². The molecule has 4 rings (SSSR count). The van der Waals surface area contributed by atoms with Crippen LogP contribution >= 0.6 is 0 Å². The van der Waals surface area contributed by atoms with E-state index in [-0.39, 0.29) is 19.3 Å². The van der Waals surface area contributed by atoms with Crippen molar-refractivity contribution in [2.24, 2.45) is 0 Å². The summed E-state index contributed by atoms with van der Waals surface area (Å²) in [5.74, 6) is 0. The average Bonchev–Trinajstić information content (AvgIpc) is 2.93. The van der Waals surface area contributed by atoms with Gasteiger partial charge in [0, 0.05) is 19.3 Å². The third-order valence-electron chi connectivity index (χ3n) is 7.28. The van der Waals surface area contributed by atoms with Crippen molar-refractivity contribution in [1.29, 1.82) is 0 Å². The Hall–Kier alpha value is -3.00. The summed E-state index contributed by atoms with van der Waals surface area (Å²) in [6.07, 6.45) is -0.385. The third-order valence-corrected chi connectivity index (χ3v) is 7.28. The van der Waals surface area contributed by atoms with E-state index >= 15 is 0 Å². The topological polar surface area (TPSA) is 99.4 Å². The average molecular weight is 519 g/mol. The van der Waals surface area contributed by atoms with Crippen LogP contribution in [0.2, 0.25) is 0 Å². The van der Waals surface area contributed by atoms with Crippen LogP contribution in [0, 0.1) is 0 Å². The van der Waals surface area contributed by atoms with Gasteiger partial charge in [-0.25, -0.2) is 0 Å². The molecule has 1 heterocycles. The van der Waals surface area contributed by atoms with Gasteiger partial charge in [0.25, 0.3) is 0 Å². The van der Waals surface area contributed by atoms with Crippen molar-refractivity contribution in [1.82, 2.24) is 0 Å². The minimum Gasteiger partial charge on any atom is -0.470 e. The second kappa shape index (κ2) is 12.7. The lowest BCUT2D eigenvalue weighted by Gasteiger charge is -2.56. The molecular weight excluding hydrogens is 480 g/mol. The van der Waals surface area contributed by atoms with Crippen molar-refractivity contribution in [3.05, 3.63) is 120 Å². The lowest BCUT2D eigenvalue weighted by Crippen LogP contribution is -2.77. The van der Waals surface area contributed by atoms with Gasteiger partial charge in [-0.2, -0.15) is 0 Å². The summed E-state index contributed by atoms with van der Waals surface area (Å²) in [5, 5.41) is 47.8. The van der Waals surface area contributed by atoms with Crippen molar-refractivity contribution in [3.63, 3.8) is 0 Å². The fourth-order valence-electron chi connectivity index (χ4n) is 5.23. The molecule has 1 aliphatic rings. The normalized spacial score (nSPS) is 28.3. The molecule has 4 N–H and O–H groups in total. The molecule has 202 valence electrons. The van der Waals surface area contributed by atoms with Crippen molar-refractivity contribution in [2.75, 3.05) is 0 Å². The van der Waals surface area contributed by atoms with Crippen LogP contribution in [0.25, 0.3) is 0 Å². The summed E-state index contributed by atoms with van der Waals surface area (Å²) < 4.78 is 11.9. The Morgan fingerprint density at radius 2 is 1.32 bits per heavy atom. The Balaban J connectivity index is 1.77. The number of unbranched alkanes of at least 4 members (excludes halogenated alkanes) is 1. The Morgan fingerprint density at radius 1 is 0.816 bits per heavy atom. The third kappa shape index (κ3) is 6.17. The van der Waals surface area contributed by atoms with Gasteiger partial charge in [0.2, 0.25) is 6.29 Å². The number of ether oxygens (including phenoxy) is 2. The molecule has 0 aromatic heterocycles. The first-order valence-electron chi connectivity index (χ1n) is 13.3. The molecule has 1 unspecified atom stereocenters. The number of aliphatic hydroxyl groups excluding tert-OH is 2. The van der Waals surface area contributed by atoms with Crippen molar-refractivity contribution < 1.29 is 29.9 Å². The van der Waals surface area contributed by atoms with Crippen LogP contribution in [-0.2, 0) is 28.7 Å². The molecule has 1 saturated heterocycles. The zero-order chi connectivity index (χ0) is 27.0. The summed E-state index contributed by atoms with van der Waals surface area (Å²) in [4.78, 5) is 0. The highest BCUT2D eigenvalue weighted by Gasteiger charge is 2.66. The van der Waals surface area contributed by atoms with Gasteiger partial charge in [0.05, 0.1) is 12.4 Å². The van der Waals surface area contributed by atoms with Gasteiger partial charge >= 0.3 is 0 Å². The quantitative estimate of drug-likeness (QED) is 0.287. The molecule has 0 bridgehead atoms. The maximum absolute atomic E-state index is 12.4. The summed E-state index contributed by atoms with van der Waals surface area (Å²) >= 11 is 0. The minimum atomic E-state index is -2.12. The molecule has 6 heteroatoms. The molecule has 38 heavy (non-hydrogen) atoms. The first-order chi connectivity index (χ1) is 18.4. The van der Waals surface area contributed by atoms with Crippen LogP contribution in [0.5, 0.6) is 0 Å². The molecule has 6 nitrogen and oxygen atoms in total. The Labute approximate surface area is 224 Å². The van der Waals surface area contributed by atoms with Gasteiger partial charge in [-0.05, 0) is 29.2 Å². The van der Waals surface area contributed by atoms with Crippen molar-refractivity contribution in [2.45, 2.75) is 74.8 Å². The molecule has 3 aromatic carbocycles. The molecular formula is C32H38O6. The zero-order valence-electron chi connectivity index (χ0n) is 21.8. The van der Waals surface area contributed by atoms with E-state index in [9.17, 15) is 20.4 Å². The standard InChI is InChI=1S/C32H38O6/c1-2-3-13-20-37-30-28(34)31(35,22-25-16-9-5-10-17-25)32(36,23-26-18-11-6-12-19-26)29(38-30)27(33)21-24-14-7-4-8-15-24/h4-20,27-30,33-36H,2-3,21-23H2,1H3/t27?,28-,29-,30+,31-,32-/m1/s1. The van der Waals surface area contributed by atoms with E-state index in [1.165, 1.54) is 6.26 Å². The van der Waals surface area contributed by atoms with Gasteiger partial charge < -0.3 is 29.9 Å². The maximum Gasteiger partial charge on any atom is 0.228 e. The Morgan fingerprint density at radius 3 is 1.84 bits per heavy atom. The first kappa shape index (κ1) is 28.0. The molecule has 0 aliphatic carbocycles. The second-order valence-corrected chi connectivity index (χ2v) is 10.1. The largest absolute Gasteiger partial charge is 0.470 e. The van der Waals surface area contributed by atoms with E-state index in [0.717, 1.165) is 29.5 Å². The predicted molar refractivity (Wildman–Crippen MR) is 146 cm³/mol. The molecule has 0 radical (unpaired) electrons. The van der Waals surface area contributed by atoms with Gasteiger partial charge in [0.15, 0.2) is 0 Å². The highest BCUT2D eigenvalue weighted by molar-refractivity contribution is 5.28. The molecule has 0 saturated carbocycles. The monoisotopic (exact) mass is 518 g/mol. The van der Waals surface area contributed by atoms with Gasteiger partial charge in [-0.1, -0.05) is 104 Å². The fourth-order valence-corrected chi connectivity index (χ4v) is 5.23. The van der Waals surface area contributed by atoms with Crippen LogP contribution in [0.1, 0.15) is 36.5 Å². The summed E-state index contributed by atoms with van der Waals surface area (Å²) in [7, 11) is 0. The van der Waals surface area contributed by atoms with E-state index in [1.807, 2.05) is 104 Å². The number of hydrogen-bond donors (Lipinski definition) is 4. The van der Waals surface area contributed by atoms with Crippen LogP contribution < -0.4 is 0 Å².